The molecular formula is C16H18ClN3S. The number of alkyl halides is 1. The Morgan fingerprint density at radius 1 is 1.33 bits per heavy atom. The molecule has 2 aromatic heterocycles. The Bertz CT molecular complexity index is 772. The fraction of sp³-hybridized carbons (Fsp3) is 0.375. The average molecular weight is 320 g/mol. The molecule has 0 N–H and O–H groups in total. The van der Waals surface area contributed by atoms with Crippen LogP contribution in [0.25, 0.3) is 11.0 Å². The summed E-state index contributed by atoms with van der Waals surface area (Å²) < 4.78 is 2.23. The molecule has 3 nitrogen and oxygen atoms in total. The van der Waals surface area contributed by atoms with Crippen molar-refractivity contribution in [3.8, 4) is 0 Å². The van der Waals surface area contributed by atoms with E-state index in [-0.39, 0.29) is 10.9 Å². The third-order valence-corrected chi connectivity index (χ3v) is 5.06. The molecule has 0 aliphatic rings. The summed E-state index contributed by atoms with van der Waals surface area (Å²) in [6, 6.07) is 6.25. The molecule has 5 heteroatoms. The first-order valence-corrected chi connectivity index (χ1v) is 8.27. The second-order valence-corrected chi connectivity index (χ2v) is 7.31. The quantitative estimate of drug-likeness (QED) is 0.644. The summed E-state index contributed by atoms with van der Waals surface area (Å²) in [6.45, 7) is 8.38. The molecule has 0 saturated carbocycles. The van der Waals surface area contributed by atoms with Crippen LogP contribution in [0.5, 0.6) is 0 Å². The first-order valence-electron chi connectivity index (χ1n) is 6.95. The van der Waals surface area contributed by atoms with E-state index in [2.05, 4.69) is 48.5 Å². The molecule has 0 radical (unpaired) electrons. The van der Waals surface area contributed by atoms with Gasteiger partial charge >= 0.3 is 0 Å². The third kappa shape index (κ3) is 2.27. The lowest BCUT2D eigenvalue weighted by Gasteiger charge is -2.28. The van der Waals surface area contributed by atoms with E-state index in [4.69, 9.17) is 16.6 Å². The van der Waals surface area contributed by atoms with Gasteiger partial charge in [-0.1, -0.05) is 12.1 Å². The number of halogens is 1. The Morgan fingerprint density at radius 3 is 2.71 bits per heavy atom. The summed E-state index contributed by atoms with van der Waals surface area (Å²) in [4.78, 5) is 9.30. The van der Waals surface area contributed by atoms with E-state index in [1.54, 1.807) is 11.3 Å². The van der Waals surface area contributed by atoms with Crippen molar-refractivity contribution in [3.63, 3.8) is 0 Å². The minimum atomic E-state index is -0.283. The van der Waals surface area contributed by atoms with Crippen molar-refractivity contribution in [1.29, 1.82) is 0 Å². The van der Waals surface area contributed by atoms with Gasteiger partial charge < -0.3 is 4.57 Å². The van der Waals surface area contributed by atoms with Crippen LogP contribution in [0.2, 0.25) is 0 Å². The number of hydrogen-bond acceptors (Lipinski definition) is 3. The van der Waals surface area contributed by atoms with E-state index in [1.165, 1.54) is 5.56 Å². The van der Waals surface area contributed by atoms with Crippen LogP contribution >= 0.6 is 22.9 Å². The molecule has 0 saturated heterocycles. The number of imidazole rings is 1. The van der Waals surface area contributed by atoms with E-state index < -0.39 is 0 Å². The lowest BCUT2D eigenvalue weighted by atomic mass is 10.1. The van der Waals surface area contributed by atoms with Crippen molar-refractivity contribution in [2.45, 2.75) is 38.6 Å². The molecular weight excluding hydrogens is 302 g/mol. The van der Waals surface area contributed by atoms with Crippen LogP contribution in [-0.2, 0) is 5.54 Å². The minimum Gasteiger partial charge on any atom is -0.314 e. The first-order chi connectivity index (χ1) is 9.93. The summed E-state index contributed by atoms with van der Waals surface area (Å²) in [5.74, 6) is 0.890. The zero-order chi connectivity index (χ0) is 15.2. The molecule has 1 atom stereocenters. The van der Waals surface area contributed by atoms with Crippen molar-refractivity contribution >= 4 is 34.0 Å². The van der Waals surface area contributed by atoms with Crippen LogP contribution in [-0.4, -0.2) is 14.5 Å². The van der Waals surface area contributed by atoms with Crippen LogP contribution in [0.3, 0.4) is 0 Å². The highest BCUT2D eigenvalue weighted by Crippen LogP contribution is 2.36. The molecule has 0 amide bonds. The summed E-state index contributed by atoms with van der Waals surface area (Å²) >= 11 is 8.06. The molecule has 0 aliphatic carbocycles. The van der Waals surface area contributed by atoms with Crippen molar-refractivity contribution in [3.05, 3.63) is 46.2 Å². The standard InChI is InChI=1S/C16H18ClN3S/c1-10-6-5-7-12-13(10)19-14(11(2)17)20(12)16(3,4)15-18-8-9-21-15/h5-9,11H,1-4H3. The Labute approximate surface area is 133 Å². The zero-order valence-corrected chi connectivity index (χ0v) is 14.2. The lowest BCUT2D eigenvalue weighted by molar-refractivity contribution is 0.429. The normalized spacial score (nSPS) is 13.8. The molecule has 1 unspecified atom stereocenters. The van der Waals surface area contributed by atoms with E-state index >= 15 is 0 Å². The molecule has 2 heterocycles. The van der Waals surface area contributed by atoms with Gasteiger partial charge in [0.2, 0.25) is 0 Å². The number of aryl methyl sites for hydroxylation is 1. The van der Waals surface area contributed by atoms with E-state index in [9.17, 15) is 0 Å². The Hall–Kier alpha value is -1.39. The number of hydrogen-bond donors (Lipinski definition) is 0. The predicted octanol–water partition coefficient (Wildman–Crippen LogP) is 4.88. The SMILES string of the molecule is Cc1cccc2c1nc(C(C)Cl)n2C(C)(C)c1nccs1. The van der Waals surface area contributed by atoms with Gasteiger partial charge in [-0.15, -0.1) is 22.9 Å². The fourth-order valence-electron chi connectivity index (χ4n) is 2.73. The zero-order valence-electron chi connectivity index (χ0n) is 12.6. The largest absolute Gasteiger partial charge is 0.314 e. The van der Waals surface area contributed by atoms with Crippen LogP contribution in [0.4, 0.5) is 0 Å². The van der Waals surface area contributed by atoms with Gasteiger partial charge in [0, 0.05) is 11.6 Å². The van der Waals surface area contributed by atoms with Gasteiger partial charge in [-0.25, -0.2) is 9.97 Å². The van der Waals surface area contributed by atoms with Gasteiger partial charge in [0.05, 0.1) is 21.9 Å². The Morgan fingerprint density at radius 2 is 2.10 bits per heavy atom. The average Bonchev–Trinajstić information content (AvgIpc) is 3.07. The molecule has 0 spiro atoms. The topological polar surface area (TPSA) is 30.7 Å². The van der Waals surface area contributed by atoms with Crippen LogP contribution in [0, 0.1) is 6.92 Å². The van der Waals surface area contributed by atoms with Gasteiger partial charge in [-0.2, -0.15) is 0 Å². The summed E-state index contributed by atoms with van der Waals surface area (Å²) in [7, 11) is 0. The number of para-hydroxylation sites is 1. The van der Waals surface area contributed by atoms with Gasteiger partial charge in [-0.3, -0.25) is 0 Å². The highest BCUT2D eigenvalue weighted by Gasteiger charge is 2.31. The van der Waals surface area contributed by atoms with Crippen molar-refractivity contribution in [2.24, 2.45) is 0 Å². The molecule has 0 fully saturated rings. The maximum Gasteiger partial charge on any atom is 0.128 e. The maximum absolute atomic E-state index is 6.40. The fourth-order valence-corrected chi connectivity index (χ4v) is 3.63. The maximum atomic E-state index is 6.40. The van der Waals surface area contributed by atoms with Crippen LogP contribution in [0.1, 0.15) is 42.5 Å². The first kappa shape index (κ1) is 14.5. The predicted molar refractivity (Wildman–Crippen MR) is 89.3 cm³/mol. The molecule has 0 aliphatic heterocycles. The van der Waals surface area contributed by atoms with Gasteiger partial charge in [0.25, 0.3) is 0 Å². The summed E-state index contributed by atoms with van der Waals surface area (Å²) in [6.07, 6.45) is 1.84. The summed E-state index contributed by atoms with van der Waals surface area (Å²) in [5, 5.41) is 2.91. The number of rotatable bonds is 3. The molecule has 21 heavy (non-hydrogen) atoms. The molecule has 3 rings (SSSR count). The van der Waals surface area contributed by atoms with E-state index in [0.717, 1.165) is 21.9 Å². The minimum absolute atomic E-state index is 0.156. The number of thiazole rings is 1. The lowest BCUT2D eigenvalue weighted by Crippen LogP contribution is -2.29. The smallest absolute Gasteiger partial charge is 0.128 e. The molecule has 3 aromatic rings. The monoisotopic (exact) mass is 319 g/mol. The molecule has 110 valence electrons. The highest BCUT2D eigenvalue weighted by atomic mass is 35.5. The Kier molecular flexibility index (Phi) is 3.54. The van der Waals surface area contributed by atoms with Crippen molar-refractivity contribution in [2.75, 3.05) is 0 Å². The number of aromatic nitrogens is 3. The highest BCUT2D eigenvalue weighted by molar-refractivity contribution is 7.09. The van der Waals surface area contributed by atoms with Gasteiger partial charge in [0.15, 0.2) is 0 Å². The molecule has 0 bridgehead atoms. The van der Waals surface area contributed by atoms with E-state index in [1.807, 2.05) is 18.5 Å². The molecule has 1 aromatic carbocycles. The third-order valence-electron chi connectivity index (χ3n) is 3.78. The number of fused-ring (bicyclic) bond motifs is 1. The van der Waals surface area contributed by atoms with Crippen molar-refractivity contribution < 1.29 is 0 Å². The Balaban J connectivity index is 2.35. The second kappa shape index (κ2) is 5.11. The number of benzene rings is 1. The van der Waals surface area contributed by atoms with E-state index in [0.29, 0.717) is 0 Å². The van der Waals surface area contributed by atoms with Crippen LogP contribution in [0.15, 0.2) is 29.8 Å². The summed E-state index contributed by atoms with van der Waals surface area (Å²) in [5.41, 5.74) is 3.01. The van der Waals surface area contributed by atoms with Gasteiger partial charge in [-0.05, 0) is 39.3 Å². The second-order valence-electron chi connectivity index (χ2n) is 5.76. The van der Waals surface area contributed by atoms with Gasteiger partial charge in [0.1, 0.15) is 10.8 Å². The number of nitrogens with zero attached hydrogens (tertiary/aromatic N) is 3. The van der Waals surface area contributed by atoms with Crippen LogP contribution < -0.4 is 0 Å². The van der Waals surface area contributed by atoms with Crippen molar-refractivity contribution in [1.82, 2.24) is 14.5 Å².